The van der Waals surface area contributed by atoms with E-state index in [4.69, 9.17) is 15.2 Å². The number of amides is 2. The summed E-state index contributed by atoms with van der Waals surface area (Å²) in [5.41, 5.74) is 12.9. The van der Waals surface area contributed by atoms with Gasteiger partial charge in [-0.1, -0.05) is 78.9 Å². The van der Waals surface area contributed by atoms with Gasteiger partial charge in [0.1, 0.15) is 0 Å². The predicted molar refractivity (Wildman–Crippen MR) is 197 cm³/mol. The molecule has 6 N–H and O–H groups in total. The van der Waals surface area contributed by atoms with Gasteiger partial charge in [-0.3, -0.25) is 14.5 Å². The first-order valence-electron chi connectivity index (χ1n) is 17.8. The number of para-hydroxylation sites is 2. The average Bonchev–Trinajstić information content (AvgIpc) is 3.57. The van der Waals surface area contributed by atoms with Crippen LogP contribution < -0.4 is 16.4 Å². The summed E-state index contributed by atoms with van der Waals surface area (Å²) in [4.78, 5) is 27.0. The number of nitrogen functional groups attached to an aromatic ring is 1. The highest BCUT2D eigenvalue weighted by Crippen LogP contribution is 2.39. The number of β-amino-alcohol motifs (C(OH)–C–C–N with tert-alkyl or cyclic N) is 1. The SMILES string of the molecule is Nc1ccccc1NC(=O)CCCCC(=O)NCc1cccc(-c2ccc(C3OC(CN4CCC(O)C4)CC(c4ccc(CO)cc4)O3)cc2)c1. The molecule has 10 heteroatoms. The second-order valence-electron chi connectivity index (χ2n) is 13.5. The van der Waals surface area contributed by atoms with E-state index < -0.39 is 6.29 Å². The van der Waals surface area contributed by atoms with Gasteiger partial charge >= 0.3 is 0 Å². The van der Waals surface area contributed by atoms with Crippen molar-refractivity contribution in [3.05, 3.63) is 119 Å². The van der Waals surface area contributed by atoms with E-state index in [1.165, 1.54) is 0 Å². The fourth-order valence-corrected chi connectivity index (χ4v) is 6.68. The summed E-state index contributed by atoms with van der Waals surface area (Å²) >= 11 is 0. The highest BCUT2D eigenvalue weighted by molar-refractivity contribution is 5.93. The van der Waals surface area contributed by atoms with E-state index in [-0.39, 0.29) is 36.7 Å². The monoisotopic (exact) mass is 692 g/mol. The molecule has 2 fully saturated rings. The summed E-state index contributed by atoms with van der Waals surface area (Å²) in [6.45, 7) is 2.65. The number of ether oxygens (including phenoxy) is 2. The molecule has 10 nitrogen and oxygen atoms in total. The lowest BCUT2D eigenvalue weighted by Crippen LogP contribution is -2.38. The number of benzene rings is 4. The number of nitrogens with two attached hydrogens (primary N) is 1. The van der Waals surface area contributed by atoms with Crippen LogP contribution in [0.4, 0.5) is 11.4 Å². The Morgan fingerprint density at radius 1 is 0.824 bits per heavy atom. The second kappa shape index (κ2) is 17.6. The molecule has 4 aromatic rings. The third-order valence-electron chi connectivity index (χ3n) is 9.55. The Labute approximate surface area is 299 Å². The van der Waals surface area contributed by atoms with Gasteiger partial charge in [0.25, 0.3) is 0 Å². The van der Waals surface area contributed by atoms with E-state index in [9.17, 15) is 19.8 Å². The molecule has 2 saturated heterocycles. The van der Waals surface area contributed by atoms with Crippen LogP contribution in [0.3, 0.4) is 0 Å². The van der Waals surface area contributed by atoms with Crippen molar-refractivity contribution in [3.8, 4) is 11.1 Å². The fourth-order valence-electron chi connectivity index (χ4n) is 6.68. The smallest absolute Gasteiger partial charge is 0.224 e. The highest BCUT2D eigenvalue weighted by Gasteiger charge is 2.34. The molecule has 0 spiro atoms. The van der Waals surface area contributed by atoms with Gasteiger partial charge in [0.05, 0.1) is 36.3 Å². The molecule has 268 valence electrons. The van der Waals surface area contributed by atoms with Gasteiger partial charge in [-0.15, -0.1) is 0 Å². The van der Waals surface area contributed by atoms with E-state index in [0.717, 1.165) is 52.9 Å². The van der Waals surface area contributed by atoms with E-state index in [0.29, 0.717) is 56.6 Å². The zero-order chi connectivity index (χ0) is 35.6. The number of unbranched alkanes of at least 4 members (excludes halogenated alkanes) is 1. The lowest BCUT2D eigenvalue weighted by Gasteiger charge is -2.37. The van der Waals surface area contributed by atoms with Crippen molar-refractivity contribution in [2.75, 3.05) is 30.7 Å². The van der Waals surface area contributed by atoms with Crippen molar-refractivity contribution in [3.63, 3.8) is 0 Å². The number of hydrogen-bond acceptors (Lipinski definition) is 8. The molecule has 0 bridgehead atoms. The predicted octanol–water partition coefficient (Wildman–Crippen LogP) is 5.86. The van der Waals surface area contributed by atoms with Gasteiger partial charge in [-0.25, -0.2) is 0 Å². The second-order valence-corrected chi connectivity index (χ2v) is 13.5. The van der Waals surface area contributed by atoms with Gasteiger partial charge < -0.3 is 36.1 Å². The van der Waals surface area contributed by atoms with Gasteiger partial charge in [0.2, 0.25) is 11.8 Å². The van der Waals surface area contributed by atoms with Crippen LogP contribution in [-0.2, 0) is 32.2 Å². The number of nitrogens with zero attached hydrogens (tertiary/aromatic N) is 1. The van der Waals surface area contributed by atoms with E-state index in [1.807, 2.05) is 60.7 Å². The number of aliphatic hydroxyl groups excluding tert-OH is 2. The molecule has 2 amide bonds. The molecule has 51 heavy (non-hydrogen) atoms. The molecule has 4 atom stereocenters. The van der Waals surface area contributed by atoms with Crippen LogP contribution in [-0.4, -0.2) is 58.8 Å². The minimum Gasteiger partial charge on any atom is -0.397 e. The topological polar surface area (TPSA) is 146 Å². The first-order chi connectivity index (χ1) is 24.8. The number of aliphatic hydroxyl groups is 2. The molecule has 2 aliphatic heterocycles. The molecular weight excluding hydrogens is 644 g/mol. The summed E-state index contributed by atoms with van der Waals surface area (Å²) in [5, 5.41) is 25.4. The lowest BCUT2D eigenvalue weighted by atomic mass is 9.99. The molecular formula is C41H48N4O6. The van der Waals surface area contributed by atoms with Crippen molar-refractivity contribution in [2.45, 2.75) is 76.3 Å². The minimum absolute atomic E-state index is 0.00307. The van der Waals surface area contributed by atoms with E-state index >= 15 is 0 Å². The van der Waals surface area contributed by atoms with Crippen LogP contribution in [0.15, 0.2) is 97.1 Å². The van der Waals surface area contributed by atoms with Crippen LogP contribution >= 0.6 is 0 Å². The summed E-state index contributed by atoms with van der Waals surface area (Å²) in [6, 6.07) is 31.3. The zero-order valence-electron chi connectivity index (χ0n) is 28.9. The fraction of sp³-hybridized carbons (Fsp3) is 0.366. The standard InChI is InChI=1S/C41H48N4O6/c42-36-8-1-2-9-37(36)44-40(49)11-4-3-10-39(48)43-24-29-6-5-7-33(22-29)30-16-18-32(19-17-30)41-50-35(26-45-21-20-34(47)25-45)23-38(51-41)31-14-12-28(27-46)13-15-31/h1-2,5-9,12-19,22,34-35,38,41,46-47H,3-4,10-11,20-21,23-27,42H2,(H,43,48)(H,44,49). The summed E-state index contributed by atoms with van der Waals surface area (Å²) in [5.74, 6) is -0.165. The van der Waals surface area contributed by atoms with Crippen LogP contribution in [0.2, 0.25) is 0 Å². The minimum atomic E-state index is -0.550. The Bertz CT molecular complexity index is 1750. The highest BCUT2D eigenvalue weighted by atomic mass is 16.7. The van der Waals surface area contributed by atoms with Crippen molar-refractivity contribution < 1.29 is 29.3 Å². The molecule has 2 aliphatic rings. The Morgan fingerprint density at radius 2 is 1.57 bits per heavy atom. The molecule has 2 heterocycles. The number of hydrogen-bond donors (Lipinski definition) is 5. The molecule has 0 aromatic heterocycles. The Hall–Kier alpha value is -4.58. The Kier molecular flexibility index (Phi) is 12.5. The van der Waals surface area contributed by atoms with E-state index in [1.54, 1.807) is 12.1 Å². The number of rotatable bonds is 14. The molecule has 4 unspecified atom stereocenters. The first kappa shape index (κ1) is 36.2. The first-order valence-corrected chi connectivity index (χ1v) is 17.8. The average molecular weight is 693 g/mol. The largest absolute Gasteiger partial charge is 0.397 e. The van der Waals surface area contributed by atoms with Gasteiger partial charge in [0.15, 0.2) is 6.29 Å². The van der Waals surface area contributed by atoms with Crippen molar-refractivity contribution in [2.24, 2.45) is 0 Å². The normalized spacial score (nSPS) is 20.6. The summed E-state index contributed by atoms with van der Waals surface area (Å²) < 4.78 is 13.0. The number of nitrogens with one attached hydrogen (secondary N) is 2. The Morgan fingerprint density at radius 3 is 2.29 bits per heavy atom. The van der Waals surface area contributed by atoms with Crippen LogP contribution in [0.25, 0.3) is 11.1 Å². The van der Waals surface area contributed by atoms with Crippen LogP contribution in [0.5, 0.6) is 0 Å². The third kappa shape index (κ3) is 10.2. The quantitative estimate of drug-likeness (QED) is 0.0817. The molecule has 4 aromatic carbocycles. The molecule has 0 saturated carbocycles. The number of anilines is 2. The zero-order valence-corrected chi connectivity index (χ0v) is 28.9. The summed E-state index contributed by atoms with van der Waals surface area (Å²) in [7, 11) is 0. The number of carbonyl (C=O) groups is 2. The van der Waals surface area contributed by atoms with Crippen molar-refractivity contribution >= 4 is 23.2 Å². The van der Waals surface area contributed by atoms with Gasteiger partial charge in [-0.05, 0) is 65.3 Å². The maximum Gasteiger partial charge on any atom is 0.224 e. The third-order valence-corrected chi connectivity index (χ3v) is 9.55. The van der Waals surface area contributed by atoms with Crippen molar-refractivity contribution in [1.29, 1.82) is 0 Å². The van der Waals surface area contributed by atoms with Crippen molar-refractivity contribution in [1.82, 2.24) is 10.2 Å². The number of carbonyl (C=O) groups excluding carboxylic acids is 2. The van der Waals surface area contributed by atoms with Gasteiger partial charge in [-0.2, -0.15) is 0 Å². The lowest BCUT2D eigenvalue weighted by molar-refractivity contribution is -0.252. The molecule has 0 radical (unpaired) electrons. The summed E-state index contributed by atoms with van der Waals surface area (Å²) in [6.07, 6.45) is 2.30. The Balaban J connectivity index is 1.01. The molecule has 0 aliphatic carbocycles. The van der Waals surface area contributed by atoms with Crippen LogP contribution in [0.1, 0.15) is 73.2 Å². The maximum absolute atomic E-state index is 12.5. The number of likely N-dealkylation sites (tertiary alicyclic amines) is 1. The maximum atomic E-state index is 12.5. The van der Waals surface area contributed by atoms with Gasteiger partial charge in [0, 0.05) is 51.0 Å². The van der Waals surface area contributed by atoms with Crippen LogP contribution in [0, 0.1) is 0 Å². The van der Waals surface area contributed by atoms with E-state index in [2.05, 4.69) is 39.8 Å². The molecule has 6 rings (SSSR count).